The molecule has 0 spiro atoms. The maximum atomic E-state index is 12.4. The van der Waals surface area contributed by atoms with Gasteiger partial charge in [0.05, 0.1) is 0 Å². The van der Waals surface area contributed by atoms with Crippen LogP contribution < -0.4 is 15.1 Å². The molecule has 1 heterocycles. The zero-order valence-electron chi connectivity index (χ0n) is 16.1. The summed E-state index contributed by atoms with van der Waals surface area (Å²) in [5, 5.41) is 2.96. The van der Waals surface area contributed by atoms with Gasteiger partial charge in [0.15, 0.2) is 0 Å². The quantitative estimate of drug-likeness (QED) is 0.816. The normalized spacial score (nSPS) is 13.7. The van der Waals surface area contributed by atoms with Crippen molar-refractivity contribution in [3.8, 4) is 0 Å². The minimum atomic E-state index is -0.0938. The predicted molar refractivity (Wildman–Crippen MR) is 109 cm³/mol. The lowest BCUT2D eigenvalue weighted by molar-refractivity contribution is -0.117. The van der Waals surface area contributed by atoms with Gasteiger partial charge in [-0.2, -0.15) is 0 Å². The van der Waals surface area contributed by atoms with E-state index in [1.54, 1.807) is 0 Å². The molecule has 0 aromatic heterocycles. The molecule has 0 unspecified atom stereocenters. The molecule has 0 atom stereocenters. The van der Waals surface area contributed by atoms with Gasteiger partial charge in [-0.05, 0) is 62.2 Å². The number of rotatable bonds is 7. The number of nitrogens with zero attached hydrogens (tertiary/aromatic N) is 2. The molecule has 5 nitrogen and oxygen atoms in total. The first-order chi connectivity index (χ1) is 13.1. The molecule has 1 saturated heterocycles. The van der Waals surface area contributed by atoms with Crippen LogP contribution in [0, 0.1) is 0 Å². The van der Waals surface area contributed by atoms with Crippen molar-refractivity contribution in [3.63, 3.8) is 0 Å². The Morgan fingerprint density at radius 1 is 1.11 bits per heavy atom. The fourth-order valence-electron chi connectivity index (χ4n) is 3.45. The summed E-state index contributed by atoms with van der Waals surface area (Å²) in [5.74, 6) is 0.0771. The zero-order valence-corrected chi connectivity index (χ0v) is 16.1. The number of anilines is 2. The van der Waals surface area contributed by atoms with Gasteiger partial charge in [0.25, 0.3) is 5.91 Å². The Bertz CT molecular complexity index is 797. The molecule has 0 saturated carbocycles. The smallest absolute Gasteiger partial charge is 0.251 e. The van der Waals surface area contributed by atoms with Crippen LogP contribution in [0.3, 0.4) is 0 Å². The highest BCUT2D eigenvalue weighted by Crippen LogP contribution is 2.22. The van der Waals surface area contributed by atoms with E-state index >= 15 is 0 Å². The van der Waals surface area contributed by atoms with Crippen LogP contribution in [0.15, 0.2) is 48.5 Å². The Labute approximate surface area is 161 Å². The molecule has 1 aliphatic rings. The molecule has 2 amide bonds. The second kappa shape index (κ2) is 8.71. The van der Waals surface area contributed by atoms with Gasteiger partial charge in [0.1, 0.15) is 0 Å². The summed E-state index contributed by atoms with van der Waals surface area (Å²) in [4.78, 5) is 28.4. The Hall–Kier alpha value is -2.82. The summed E-state index contributed by atoms with van der Waals surface area (Å²) >= 11 is 0. The molecule has 3 rings (SSSR count). The third-order valence-electron chi connectivity index (χ3n) is 5.01. The first-order valence-electron chi connectivity index (χ1n) is 9.65. The van der Waals surface area contributed by atoms with Gasteiger partial charge in [0, 0.05) is 49.5 Å². The Balaban J connectivity index is 1.61. The molecule has 0 bridgehead atoms. The van der Waals surface area contributed by atoms with E-state index < -0.39 is 0 Å². The second-order valence-electron chi connectivity index (χ2n) is 6.72. The molecule has 1 fully saturated rings. The number of carbonyl (C=O) groups excluding carboxylic acids is 2. The van der Waals surface area contributed by atoms with Crippen LogP contribution in [0.4, 0.5) is 11.4 Å². The maximum absolute atomic E-state index is 12.4. The van der Waals surface area contributed by atoms with E-state index in [1.807, 2.05) is 53.4 Å². The average Bonchev–Trinajstić information content (AvgIpc) is 3.14. The van der Waals surface area contributed by atoms with E-state index in [-0.39, 0.29) is 11.8 Å². The maximum Gasteiger partial charge on any atom is 0.251 e. The van der Waals surface area contributed by atoms with Crippen molar-refractivity contribution in [1.82, 2.24) is 5.32 Å². The highest BCUT2D eigenvalue weighted by atomic mass is 16.2. The molecule has 27 heavy (non-hydrogen) atoms. The summed E-state index contributed by atoms with van der Waals surface area (Å²) < 4.78 is 0. The van der Waals surface area contributed by atoms with E-state index in [2.05, 4.69) is 24.1 Å². The average molecular weight is 365 g/mol. The molecule has 0 aliphatic carbocycles. The molecule has 142 valence electrons. The molecule has 1 aliphatic heterocycles. The largest absolute Gasteiger partial charge is 0.372 e. The Kier molecular flexibility index (Phi) is 6.12. The summed E-state index contributed by atoms with van der Waals surface area (Å²) in [5.41, 5.74) is 3.67. The lowest BCUT2D eigenvalue weighted by Gasteiger charge is -2.21. The standard InChI is InChI=1S/C22H27N3O2/c1-3-24(4-2)19-12-10-18(11-13-19)22(27)23-16-17-7-5-8-20(15-17)25-14-6-9-21(25)26/h5,7-8,10-13,15H,3-4,6,9,14,16H2,1-2H3,(H,23,27). The number of hydrogen-bond donors (Lipinski definition) is 1. The number of amides is 2. The molecule has 1 N–H and O–H groups in total. The predicted octanol–water partition coefficient (Wildman–Crippen LogP) is 3.59. The SMILES string of the molecule is CCN(CC)c1ccc(C(=O)NCc2cccc(N3CCCC3=O)c2)cc1. The van der Waals surface area contributed by atoms with Gasteiger partial charge >= 0.3 is 0 Å². The topological polar surface area (TPSA) is 52.7 Å². The molecular weight excluding hydrogens is 338 g/mol. The molecule has 5 heteroatoms. The van der Waals surface area contributed by atoms with Crippen LogP contribution in [-0.4, -0.2) is 31.4 Å². The van der Waals surface area contributed by atoms with Crippen LogP contribution in [0.5, 0.6) is 0 Å². The van der Waals surface area contributed by atoms with Crippen molar-refractivity contribution in [1.29, 1.82) is 0 Å². The molecular formula is C22H27N3O2. The number of hydrogen-bond acceptors (Lipinski definition) is 3. The fourth-order valence-corrected chi connectivity index (χ4v) is 3.45. The van der Waals surface area contributed by atoms with Crippen LogP contribution in [0.2, 0.25) is 0 Å². The number of carbonyl (C=O) groups is 2. The Morgan fingerprint density at radius 3 is 2.48 bits per heavy atom. The molecule has 0 radical (unpaired) electrons. The van der Waals surface area contributed by atoms with Crippen LogP contribution in [-0.2, 0) is 11.3 Å². The highest BCUT2D eigenvalue weighted by molar-refractivity contribution is 5.95. The zero-order chi connectivity index (χ0) is 19.2. The number of benzene rings is 2. The fraction of sp³-hybridized carbons (Fsp3) is 0.364. The Morgan fingerprint density at radius 2 is 1.85 bits per heavy atom. The van der Waals surface area contributed by atoms with E-state index in [9.17, 15) is 9.59 Å². The molecule has 2 aromatic carbocycles. The lowest BCUT2D eigenvalue weighted by Crippen LogP contribution is -2.25. The minimum Gasteiger partial charge on any atom is -0.372 e. The highest BCUT2D eigenvalue weighted by Gasteiger charge is 2.21. The van der Waals surface area contributed by atoms with Gasteiger partial charge in [-0.3, -0.25) is 9.59 Å². The van der Waals surface area contributed by atoms with E-state index in [0.29, 0.717) is 18.5 Å². The van der Waals surface area contributed by atoms with Crippen LogP contribution in [0.1, 0.15) is 42.6 Å². The third-order valence-corrected chi connectivity index (χ3v) is 5.01. The summed E-state index contributed by atoms with van der Waals surface area (Å²) in [6, 6.07) is 15.5. The second-order valence-corrected chi connectivity index (χ2v) is 6.72. The van der Waals surface area contributed by atoms with Crippen molar-refractivity contribution >= 4 is 23.2 Å². The van der Waals surface area contributed by atoms with Crippen molar-refractivity contribution in [3.05, 3.63) is 59.7 Å². The van der Waals surface area contributed by atoms with E-state index in [4.69, 9.17) is 0 Å². The monoisotopic (exact) mass is 365 g/mol. The third kappa shape index (κ3) is 4.48. The minimum absolute atomic E-state index is 0.0938. The van der Waals surface area contributed by atoms with Gasteiger partial charge in [-0.15, -0.1) is 0 Å². The van der Waals surface area contributed by atoms with Gasteiger partial charge in [-0.25, -0.2) is 0 Å². The first kappa shape index (κ1) is 19.0. The van der Waals surface area contributed by atoms with Crippen LogP contribution >= 0.6 is 0 Å². The van der Waals surface area contributed by atoms with Crippen molar-refractivity contribution in [2.45, 2.75) is 33.2 Å². The summed E-state index contributed by atoms with van der Waals surface area (Å²) in [6.45, 7) is 7.33. The van der Waals surface area contributed by atoms with E-state index in [0.717, 1.165) is 43.0 Å². The molecule has 2 aromatic rings. The van der Waals surface area contributed by atoms with Crippen molar-refractivity contribution < 1.29 is 9.59 Å². The summed E-state index contributed by atoms with van der Waals surface area (Å²) in [6.07, 6.45) is 1.52. The van der Waals surface area contributed by atoms with Gasteiger partial charge in [0.2, 0.25) is 5.91 Å². The van der Waals surface area contributed by atoms with Crippen molar-refractivity contribution in [2.24, 2.45) is 0 Å². The lowest BCUT2D eigenvalue weighted by atomic mass is 10.1. The van der Waals surface area contributed by atoms with Crippen molar-refractivity contribution in [2.75, 3.05) is 29.4 Å². The van der Waals surface area contributed by atoms with Crippen LogP contribution in [0.25, 0.3) is 0 Å². The van der Waals surface area contributed by atoms with E-state index in [1.165, 1.54) is 0 Å². The van der Waals surface area contributed by atoms with Gasteiger partial charge < -0.3 is 15.1 Å². The first-order valence-corrected chi connectivity index (χ1v) is 9.65. The number of nitrogens with one attached hydrogen (secondary N) is 1. The summed E-state index contributed by atoms with van der Waals surface area (Å²) in [7, 11) is 0. The van der Waals surface area contributed by atoms with Gasteiger partial charge in [-0.1, -0.05) is 12.1 Å².